The molecule has 2 aromatic rings. The van der Waals surface area contributed by atoms with E-state index in [1.807, 2.05) is 29.5 Å². The summed E-state index contributed by atoms with van der Waals surface area (Å²) in [4.78, 5) is 29.3. The number of anilines is 1. The van der Waals surface area contributed by atoms with Crippen LogP contribution >= 0.6 is 11.3 Å². The summed E-state index contributed by atoms with van der Waals surface area (Å²) in [6.45, 7) is 5.82. The molecule has 5 heteroatoms. The van der Waals surface area contributed by atoms with Crippen molar-refractivity contribution in [2.24, 2.45) is 0 Å². The Bertz CT molecular complexity index is 827. The van der Waals surface area contributed by atoms with E-state index >= 15 is 0 Å². The molecule has 1 unspecified atom stereocenters. The fraction of sp³-hybridized carbons (Fsp3) is 0.368. The van der Waals surface area contributed by atoms with E-state index in [0.29, 0.717) is 18.3 Å². The van der Waals surface area contributed by atoms with Gasteiger partial charge in [-0.25, -0.2) is 0 Å². The third-order valence-electron chi connectivity index (χ3n) is 5.34. The van der Waals surface area contributed by atoms with Gasteiger partial charge in [0.1, 0.15) is 6.04 Å². The number of rotatable bonds is 3. The van der Waals surface area contributed by atoms with Crippen molar-refractivity contribution in [3.63, 3.8) is 0 Å². The van der Waals surface area contributed by atoms with Gasteiger partial charge in [-0.1, -0.05) is 13.0 Å². The number of amides is 1. The van der Waals surface area contributed by atoms with Crippen molar-refractivity contribution < 1.29 is 14.5 Å². The van der Waals surface area contributed by atoms with Gasteiger partial charge < -0.3 is 4.90 Å². The van der Waals surface area contributed by atoms with Gasteiger partial charge in [-0.3, -0.25) is 14.5 Å². The Balaban J connectivity index is 1.62. The Hall–Kier alpha value is -1.98. The zero-order chi connectivity index (χ0) is 16.8. The number of Topliss-reactive ketones (excluding diaryl/α,β-unsaturated/α-hetero) is 1. The van der Waals surface area contributed by atoms with Crippen molar-refractivity contribution in [1.29, 1.82) is 0 Å². The van der Waals surface area contributed by atoms with Crippen molar-refractivity contribution in [2.45, 2.75) is 32.7 Å². The molecule has 1 aromatic carbocycles. The second-order valence-corrected chi connectivity index (χ2v) is 7.61. The molecule has 0 spiro atoms. The van der Waals surface area contributed by atoms with E-state index < -0.39 is 0 Å². The van der Waals surface area contributed by atoms with Crippen molar-refractivity contribution in [2.75, 3.05) is 18.1 Å². The average Bonchev–Trinajstić information content (AvgIpc) is 3.16. The smallest absolute Gasteiger partial charge is 0.303 e. The van der Waals surface area contributed by atoms with Crippen molar-refractivity contribution in [3.05, 3.63) is 51.2 Å². The molecule has 3 heterocycles. The van der Waals surface area contributed by atoms with E-state index in [-0.39, 0.29) is 11.7 Å². The topological polar surface area (TPSA) is 41.8 Å². The maximum absolute atomic E-state index is 12.5. The summed E-state index contributed by atoms with van der Waals surface area (Å²) < 4.78 is 0. The normalized spacial score (nSPS) is 22.7. The summed E-state index contributed by atoms with van der Waals surface area (Å²) >= 11 is 1.82. The van der Waals surface area contributed by atoms with E-state index in [9.17, 15) is 9.59 Å². The molecule has 4 rings (SSSR count). The van der Waals surface area contributed by atoms with Gasteiger partial charge in [-0.05, 0) is 42.5 Å². The third-order valence-corrected chi connectivity index (χ3v) is 6.33. The van der Waals surface area contributed by atoms with Crippen molar-refractivity contribution >= 4 is 28.7 Å². The molecule has 0 aliphatic carbocycles. The van der Waals surface area contributed by atoms with Crippen LogP contribution in [0.2, 0.25) is 0 Å². The maximum atomic E-state index is 12.5. The number of aryl methyl sites for hydroxylation is 1. The second kappa shape index (κ2) is 5.83. The van der Waals surface area contributed by atoms with Gasteiger partial charge in [-0.15, -0.1) is 11.3 Å². The van der Waals surface area contributed by atoms with E-state index in [1.165, 1.54) is 15.3 Å². The lowest BCUT2D eigenvalue weighted by atomic mass is 10.0. The van der Waals surface area contributed by atoms with Crippen molar-refractivity contribution in [3.8, 4) is 0 Å². The van der Waals surface area contributed by atoms with Crippen LogP contribution in [0, 0.1) is 0 Å². The quantitative estimate of drug-likeness (QED) is 0.868. The van der Waals surface area contributed by atoms with E-state index in [2.05, 4.69) is 25.3 Å². The van der Waals surface area contributed by atoms with E-state index in [1.54, 1.807) is 4.90 Å². The molecule has 1 aromatic heterocycles. The van der Waals surface area contributed by atoms with Crippen LogP contribution < -0.4 is 9.80 Å². The SMILES string of the molecule is CCc1ccc2c(c1)C(=O)C(=O)N2C[NH+]1CCc2sccc2[C@H]1C. The molecular formula is C19H21N2O2S+. The molecule has 2 atom stereocenters. The monoisotopic (exact) mass is 341 g/mol. The average molecular weight is 341 g/mol. The minimum atomic E-state index is -0.380. The standard InChI is InChI=1S/C19H20N2O2S/c1-3-13-4-5-16-15(10-13)18(22)19(23)21(16)11-20-8-6-17-14(12(20)2)7-9-24-17/h4-5,7,9-10,12H,3,6,8,11H2,1-2H3/p+1/t12-/m1/s1. The van der Waals surface area contributed by atoms with Gasteiger partial charge in [0, 0.05) is 16.9 Å². The first-order chi connectivity index (χ1) is 11.6. The highest BCUT2D eigenvalue weighted by Gasteiger charge is 2.39. The van der Waals surface area contributed by atoms with Crippen LogP contribution in [0.3, 0.4) is 0 Å². The molecule has 0 saturated carbocycles. The molecule has 1 amide bonds. The van der Waals surface area contributed by atoms with E-state index in [4.69, 9.17) is 0 Å². The van der Waals surface area contributed by atoms with Crippen LogP contribution in [0.1, 0.15) is 46.3 Å². The van der Waals surface area contributed by atoms with Gasteiger partial charge in [0.15, 0.2) is 6.67 Å². The number of ketones is 1. The van der Waals surface area contributed by atoms with Crippen molar-refractivity contribution in [1.82, 2.24) is 0 Å². The lowest BCUT2D eigenvalue weighted by molar-refractivity contribution is -0.930. The highest BCUT2D eigenvalue weighted by Crippen LogP contribution is 2.30. The molecule has 1 N–H and O–H groups in total. The fourth-order valence-corrected chi connectivity index (χ4v) is 4.77. The first kappa shape index (κ1) is 15.5. The Kier molecular flexibility index (Phi) is 3.77. The molecule has 0 saturated heterocycles. The summed E-state index contributed by atoms with van der Waals surface area (Å²) in [6, 6.07) is 8.37. The Labute approximate surface area is 145 Å². The molecule has 0 fully saturated rings. The number of fused-ring (bicyclic) bond motifs is 2. The van der Waals surface area contributed by atoms with Crippen LogP contribution in [-0.4, -0.2) is 24.9 Å². The van der Waals surface area contributed by atoms with Gasteiger partial charge >= 0.3 is 5.91 Å². The number of benzene rings is 1. The first-order valence-corrected chi connectivity index (χ1v) is 9.38. The van der Waals surface area contributed by atoms with Gasteiger partial charge in [0.05, 0.1) is 17.8 Å². The summed E-state index contributed by atoms with van der Waals surface area (Å²) in [6.07, 6.45) is 1.91. The number of quaternary nitrogens is 1. The van der Waals surface area contributed by atoms with Gasteiger partial charge in [0.25, 0.3) is 5.78 Å². The second-order valence-electron chi connectivity index (χ2n) is 6.60. The Morgan fingerprint density at radius 2 is 2.12 bits per heavy atom. The highest BCUT2D eigenvalue weighted by molar-refractivity contribution is 7.10. The minimum Gasteiger partial charge on any atom is -0.311 e. The first-order valence-electron chi connectivity index (χ1n) is 8.50. The summed E-state index contributed by atoms with van der Waals surface area (Å²) in [7, 11) is 0. The molecular weight excluding hydrogens is 320 g/mol. The zero-order valence-corrected chi connectivity index (χ0v) is 14.8. The molecule has 2 aliphatic heterocycles. The number of nitrogens with zero attached hydrogens (tertiary/aromatic N) is 1. The number of carbonyl (C=O) groups is 2. The van der Waals surface area contributed by atoms with Crippen LogP contribution in [0.25, 0.3) is 0 Å². The lowest BCUT2D eigenvalue weighted by Gasteiger charge is -2.33. The van der Waals surface area contributed by atoms with Crippen LogP contribution in [0.5, 0.6) is 0 Å². The lowest BCUT2D eigenvalue weighted by Crippen LogP contribution is -3.14. The molecule has 0 radical (unpaired) electrons. The van der Waals surface area contributed by atoms with Crippen LogP contribution in [-0.2, 0) is 17.6 Å². The van der Waals surface area contributed by atoms with E-state index in [0.717, 1.165) is 30.6 Å². The van der Waals surface area contributed by atoms with Gasteiger partial charge in [0.2, 0.25) is 0 Å². The number of carbonyl (C=O) groups excluding carboxylic acids is 2. The largest absolute Gasteiger partial charge is 0.311 e. The predicted molar refractivity (Wildman–Crippen MR) is 94.8 cm³/mol. The zero-order valence-electron chi connectivity index (χ0n) is 14.0. The predicted octanol–water partition coefficient (Wildman–Crippen LogP) is 2.00. The summed E-state index contributed by atoms with van der Waals surface area (Å²) in [5.74, 6) is -0.741. The molecule has 4 nitrogen and oxygen atoms in total. The molecule has 24 heavy (non-hydrogen) atoms. The summed E-state index contributed by atoms with van der Waals surface area (Å²) in [5, 5.41) is 2.15. The Morgan fingerprint density at radius 1 is 1.29 bits per heavy atom. The molecule has 124 valence electrons. The molecule has 2 aliphatic rings. The minimum absolute atomic E-state index is 0.349. The summed E-state index contributed by atoms with van der Waals surface area (Å²) in [5.41, 5.74) is 3.83. The number of hydrogen-bond donors (Lipinski definition) is 1. The van der Waals surface area contributed by atoms with Crippen LogP contribution in [0.15, 0.2) is 29.6 Å². The number of hydrogen-bond acceptors (Lipinski definition) is 3. The maximum Gasteiger partial charge on any atom is 0.303 e. The van der Waals surface area contributed by atoms with Crippen LogP contribution in [0.4, 0.5) is 5.69 Å². The Morgan fingerprint density at radius 3 is 2.92 bits per heavy atom. The number of thiophene rings is 1. The third kappa shape index (κ3) is 2.31. The highest BCUT2D eigenvalue weighted by atomic mass is 32.1. The molecule has 0 bridgehead atoms. The number of nitrogens with one attached hydrogen (secondary N) is 1. The van der Waals surface area contributed by atoms with Gasteiger partial charge in [-0.2, -0.15) is 0 Å². The fourth-order valence-electron chi connectivity index (χ4n) is 3.79.